The van der Waals surface area contributed by atoms with E-state index in [2.05, 4.69) is 34.6 Å². The Morgan fingerprint density at radius 2 is 1.14 bits per heavy atom. The molecule has 0 heteroatoms. The third kappa shape index (κ3) is 12.0. The second kappa shape index (κ2) is 15.5. The van der Waals surface area contributed by atoms with Crippen molar-refractivity contribution < 1.29 is 0 Å². The Morgan fingerprint density at radius 1 is 0.786 bits per heavy atom. The first-order valence-electron chi connectivity index (χ1n) is 6.59. The largest absolute Gasteiger partial charge is 0.0683 e. The summed E-state index contributed by atoms with van der Waals surface area (Å²) in [6.07, 6.45) is 2.72. The van der Waals surface area contributed by atoms with Gasteiger partial charge in [0.05, 0.1) is 0 Å². The van der Waals surface area contributed by atoms with E-state index in [9.17, 15) is 0 Å². The summed E-state index contributed by atoms with van der Waals surface area (Å²) in [6.45, 7) is 19.6. The van der Waals surface area contributed by atoms with Gasteiger partial charge in [-0.05, 0) is 17.8 Å². The van der Waals surface area contributed by atoms with E-state index in [-0.39, 0.29) is 0 Å². The van der Waals surface area contributed by atoms with Gasteiger partial charge in [0.1, 0.15) is 0 Å². The maximum atomic E-state index is 2.37. The molecule has 0 N–H and O–H groups in total. The molecule has 0 aromatic heterocycles. The summed E-state index contributed by atoms with van der Waals surface area (Å²) in [5.74, 6) is 2.64. The highest BCUT2D eigenvalue weighted by molar-refractivity contribution is 4.64. The van der Waals surface area contributed by atoms with E-state index in [4.69, 9.17) is 0 Å². The number of rotatable bonds is 4. The van der Waals surface area contributed by atoms with Crippen molar-refractivity contribution in [1.82, 2.24) is 0 Å². The second-order valence-electron chi connectivity index (χ2n) is 3.87. The first-order chi connectivity index (χ1) is 6.59. The Balaban J connectivity index is -0.000000266. The van der Waals surface area contributed by atoms with E-state index in [1.54, 1.807) is 0 Å². The average molecular weight is 202 g/mol. The van der Waals surface area contributed by atoms with Crippen LogP contribution in [-0.2, 0) is 0 Å². The van der Waals surface area contributed by atoms with Crippen LogP contribution in [0.5, 0.6) is 0 Å². The Hall–Kier alpha value is 0. The molecular weight excluding hydrogens is 168 g/mol. The Labute approximate surface area is 93.5 Å². The summed E-state index contributed by atoms with van der Waals surface area (Å²) in [5.41, 5.74) is 0. The predicted molar refractivity (Wildman–Crippen MR) is 70.8 cm³/mol. The van der Waals surface area contributed by atoms with Crippen LogP contribution in [0, 0.1) is 17.8 Å². The maximum absolute atomic E-state index is 2.37. The zero-order valence-corrected chi connectivity index (χ0v) is 12.1. The van der Waals surface area contributed by atoms with Gasteiger partial charge in [-0.15, -0.1) is 0 Å². The molecule has 0 aliphatic carbocycles. The first kappa shape index (κ1) is 19.6. The standard InChI is InChI=1S/C10H22.2C2H6/c1-6-7-9(4)10(5)8(2)3;2*1-2/h8-10H,6-7H2,1-5H3;2*1-2H3. The monoisotopic (exact) mass is 202 g/mol. The van der Waals surface area contributed by atoms with Gasteiger partial charge in [0.15, 0.2) is 0 Å². The molecule has 14 heavy (non-hydrogen) atoms. The van der Waals surface area contributed by atoms with Gasteiger partial charge in [0.2, 0.25) is 0 Å². The summed E-state index contributed by atoms with van der Waals surface area (Å²) < 4.78 is 0. The smallest absolute Gasteiger partial charge is 0.0394 e. The van der Waals surface area contributed by atoms with Crippen LogP contribution in [0.4, 0.5) is 0 Å². The summed E-state index contributed by atoms with van der Waals surface area (Å²) >= 11 is 0. The van der Waals surface area contributed by atoms with Crippen LogP contribution in [0.25, 0.3) is 0 Å². The highest BCUT2D eigenvalue weighted by Crippen LogP contribution is 2.23. The van der Waals surface area contributed by atoms with Crippen molar-refractivity contribution in [2.75, 3.05) is 0 Å². The zero-order chi connectivity index (χ0) is 12.1. The van der Waals surface area contributed by atoms with Crippen molar-refractivity contribution in [2.45, 2.75) is 75.2 Å². The third-order valence-corrected chi connectivity index (χ3v) is 2.69. The topological polar surface area (TPSA) is 0 Å². The van der Waals surface area contributed by atoms with Crippen molar-refractivity contribution in [3.63, 3.8) is 0 Å². The maximum Gasteiger partial charge on any atom is -0.0394 e. The van der Waals surface area contributed by atoms with Crippen LogP contribution in [-0.4, -0.2) is 0 Å². The zero-order valence-electron chi connectivity index (χ0n) is 12.1. The second-order valence-corrected chi connectivity index (χ2v) is 3.87. The molecule has 0 heterocycles. The molecule has 0 aromatic carbocycles. The molecule has 0 aliphatic heterocycles. The average Bonchev–Trinajstić information content (AvgIpc) is 2.23. The molecule has 0 spiro atoms. The molecule has 0 fully saturated rings. The quantitative estimate of drug-likeness (QED) is 0.543. The van der Waals surface area contributed by atoms with Gasteiger partial charge in [-0.3, -0.25) is 0 Å². The van der Waals surface area contributed by atoms with Crippen molar-refractivity contribution in [1.29, 1.82) is 0 Å². The molecule has 0 nitrogen and oxygen atoms in total. The van der Waals surface area contributed by atoms with Gasteiger partial charge in [0.25, 0.3) is 0 Å². The minimum absolute atomic E-state index is 0.849. The van der Waals surface area contributed by atoms with Crippen molar-refractivity contribution >= 4 is 0 Å². The van der Waals surface area contributed by atoms with E-state index in [0.29, 0.717) is 0 Å². The fourth-order valence-electron chi connectivity index (χ4n) is 1.38. The molecule has 0 aromatic rings. The minimum Gasteiger partial charge on any atom is -0.0683 e. The fourth-order valence-corrected chi connectivity index (χ4v) is 1.38. The van der Waals surface area contributed by atoms with Crippen molar-refractivity contribution in [3.8, 4) is 0 Å². The molecule has 0 aliphatic rings. The predicted octanol–water partition coefficient (Wildman–Crippen LogP) is 5.77. The van der Waals surface area contributed by atoms with Crippen molar-refractivity contribution in [3.05, 3.63) is 0 Å². The van der Waals surface area contributed by atoms with Gasteiger partial charge in [0, 0.05) is 0 Å². The van der Waals surface area contributed by atoms with Crippen LogP contribution < -0.4 is 0 Å². The van der Waals surface area contributed by atoms with Crippen LogP contribution in [0.15, 0.2) is 0 Å². The summed E-state index contributed by atoms with van der Waals surface area (Å²) in [7, 11) is 0. The number of hydrogen-bond acceptors (Lipinski definition) is 0. The molecule has 0 rings (SSSR count). The molecule has 2 unspecified atom stereocenters. The fraction of sp³-hybridized carbons (Fsp3) is 1.00. The summed E-state index contributed by atoms with van der Waals surface area (Å²) in [6, 6.07) is 0. The summed E-state index contributed by atoms with van der Waals surface area (Å²) in [4.78, 5) is 0. The summed E-state index contributed by atoms with van der Waals surface area (Å²) in [5, 5.41) is 0. The lowest BCUT2D eigenvalue weighted by Gasteiger charge is -2.22. The molecular formula is C14H34. The molecule has 0 bridgehead atoms. The molecule has 0 radical (unpaired) electrons. The highest BCUT2D eigenvalue weighted by Gasteiger charge is 2.13. The highest BCUT2D eigenvalue weighted by atomic mass is 14.2. The van der Waals surface area contributed by atoms with Crippen LogP contribution >= 0.6 is 0 Å². The molecule has 0 saturated carbocycles. The van der Waals surface area contributed by atoms with Crippen LogP contribution in [0.3, 0.4) is 0 Å². The lowest BCUT2D eigenvalue weighted by atomic mass is 9.84. The van der Waals surface area contributed by atoms with E-state index >= 15 is 0 Å². The Kier molecular flexibility index (Phi) is 21.6. The van der Waals surface area contributed by atoms with Gasteiger partial charge in [-0.1, -0.05) is 75.2 Å². The first-order valence-corrected chi connectivity index (χ1v) is 6.59. The third-order valence-electron chi connectivity index (χ3n) is 2.69. The molecule has 0 saturated heterocycles. The molecule has 0 amide bonds. The molecule has 90 valence electrons. The van der Waals surface area contributed by atoms with E-state index in [0.717, 1.165) is 17.8 Å². The number of hydrogen-bond donors (Lipinski definition) is 0. The Morgan fingerprint density at radius 3 is 1.36 bits per heavy atom. The minimum atomic E-state index is 0.849. The van der Waals surface area contributed by atoms with Gasteiger partial charge in [-0.2, -0.15) is 0 Å². The van der Waals surface area contributed by atoms with Crippen LogP contribution in [0.2, 0.25) is 0 Å². The van der Waals surface area contributed by atoms with E-state index in [1.165, 1.54) is 12.8 Å². The SMILES string of the molecule is CC.CC.CCCC(C)C(C)C(C)C. The van der Waals surface area contributed by atoms with Gasteiger partial charge in [-0.25, -0.2) is 0 Å². The normalized spacial score (nSPS) is 13.3. The van der Waals surface area contributed by atoms with Gasteiger partial charge >= 0.3 is 0 Å². The lowest BCUT2D eigenvalue weighted by Crippen LogP contribution is -2.13. The van der Waals surface area contributed by atoms with Crippen LogP contribution in [0.1, 0.15) is 75.2 Å². The molecule has 2 atom stereocenters. The van der Waals surface area contributed by atoms with Gasteiger partial charge < -0.3 is 0 Å². The van der Waals surface area contributed by atoms with E-state index in [1.807, 2.05) is 27.7 Å². The van der Waals surface area contributed by atoms with Crippen molar-refractivity contribution in [2.24, 2.45) is 17.8 Å². The van der Waals surface area contributed by atoms with E-state index < -0.39 is 0 Å². The Bertz CT molecular complexity index is 74.1. The lowest BCUT2D eigenvalue weighted by molar-refractivity contribution is 0.280.